The molecule has 15 heavy (non-hydrogen) atoms. The smallest absolute Gasteiger partial charge is 0.0619 e. The summed E-state index contributed by atoms with van der Waals surface area (Å²) in [5, 5.41) is 3.82. The van der Waals surface area contributed by atoms with E-state index >= 15 is 0 Å². The van der Waals surface area contributed by atoms with E-state index in [2.05, 4.69) is 19.2 Å². The zero-order chi connectivity index (χ0) is 10.7. The quantitative estimate of drug-likeness (QED) is 0.758. The molecule has 0 aromatic carbocycles. The fraction of sp³-hybridized carbons (Fsp3) is 1.00. The van der Waals surface area contributed by atoms with Crippen molar-refractivity contribution in [1.29, 1.82) is 0 Å². The van der Waals surface area contributed by atoms with Gasteiger partial charge in [-0.15, -0.1) is 0 Å². The van der Waals surface area contributed by atoms with E-state index in [1.807, 2.05) is 0 Å². The fourth-order valence-corrected chi connectivity index (χ4v) is 2.96. The second-order valence-corrected chi connectivity index (χ2v) is 5.87. The lowest BCUT2D eigenvalue weighted by Gasteiger charge is -2.42. The molecule has 2 unspecified atom stereocenters. The molecular formula is C13H25NO. The molecule has 0 aromatic heterocycles. The van der Waals surface area contributed by atoms with Gasteiger partial charge in [-0.25, -0.2) is 0 Å². The Morgan fingerprint density at radius 2 is 2.00 bits per heavy atom. The molecule has 2 aliphatic rings. The second-order valence-electron chi connectivity index (χ2n) is 5.87. The normalized spacial score (nSPS) is 36.4. The van der Waals surface area contributed by atoms with E-state index in [0.29, 0.717) is 17.5 Å². The first-order valence-corrected chi connectivity index (χ1v) is 6.52. The van der Waals surface area contributed by atoms with Gasteiger partial charge in [0.1, 0.15) is 0 Å². The Hall–Kier alpha value is -0.0800. The first-order valence-electron chi connectivity index (χ1n) is 6.52. The molecule has 1 aliphatic heterocycles. The Kier molecular flexibility index (Phi) is 3.68. The molecule has 88 valence electrons. The third-order valence-electron chi connectivity index (χ3n) is 4.10. The van der Waals surface area contributed by atoms with Crippen molar-refractivity contribution in [1.82, 2.24) is 5.32 Å². The van der Waals surface area contributed by atoms with Gasteiger partial charge in [-0.2, -0.15) is 0 Å². The minimum Gasteiger partial charge on any atom is -0.380 e. The number of hydrogen-bond donors (Lipinski definition) is 1. The number of hydrogen-bond acceptors (Lipinski definition) is 2. The number of ether oxygens (including phenoxy) is 1. The summed E-state index contributed by atoms with van der Waals surface area (Å²) in [5.74, 6) is 0. The van der Waals surface area contributed by atoms with E-state index in [0.717, 1.165) is 13.2 Å². The number of nitrogens with one attached hydrogen (secondary N) is 1. The van der Waals surface area contributed by atoms with Crippen LogP contribution in [-0.2, 0) is 4.74 Å². The number of rotatable bonds is 2. The second kappa shape index (κ2) is 4.84. The van der Waals surface area contributed by atoms with E-state index < -0.39 is 0 Å². The molecule has 1 aliphatic carbocycles. The predicted molar refractivity (Wildman–Crippen MR) is 63.0 cm³/mol. The molecule has 2 heteroatoms. The summed E-state index contributed by atoms with van der Waals surface area (Å²) in [6, 6.07) is 1.32. The summed E-state index contributed by atoms with van der Waals surface area (Å²) < 4.78 is 5.53. The van der Waals surface area contributed by atoms with Gasteiger partial charge >= 0.3 is 0 Å². The molecule has 0 aromatic rings. The van der Waals surface area contributed by atoms with Crippen LogP contribution in [0, 0.1) is 5.41 Å². The standard InChI is InChI=1S/C13H25NO/c1-13(2)8-4-3-7-12(13)14-11-6-5-9-15-10-11/h11-12,14H,3-10H2,1-2H3. The topological polar surface area (TPSA) is 21.3 Å². The SMILES string of the molecule is CC1(C)CCCCC1NC1CCCOC1. The summed E-state index contributed by atoms with van der Waals surface area (Å²) in [6.07, 6.45) is 8.06. The zero-order valence-electron chi connectivity index (χ0n) is 10.2. The molecule has 1 N–H and O–H groups in total. The van der Waals surface area contributed by atoms with Crippen LogP contribution < -0.4 is 5.32 Å². The maximum atomic E-state index is 5.53. The van der Waals surface area contributed by atoms with E-state index in [9.17, 15) is 0 Å². The zero-order valence-corrected chi connectivity index (χ0v) is 10.2. The Morgan fingerprint density at radius 1 is 1.13 bits per heavy atom. The largest absolute Gasteiger partial charge is 0.380 e. The minimum absolute atomic E-state index is 0.482. The van der Waals surface area contributed by atoms with E-state index in [1.165, 1.54) is 38.5 Å². The van der Waals surface area contributed by atoms with Gasteiger partial charge in [0.05, 0.1) is 6.61 Å². The summed E-state index contributed by atoms with van der Waals surface area (Å²) in [5.41, 5.74) is 0.482. The van der Waals surface area contributed by atoms with Crippen molar-refractivity contribution < 1.29 is 4.74 Å². The van der Waals surface area contributed by atoms with Crippen molar-refractivity contribution in [2.24, 2.45) is 5.41 Å². The van der Waals surface area contributed by atoms with Crippen molar-refractivity contribution in [3.8, 4) is 0 Å². The lowest BCUT2D eigenvalue weighted by atomic mass is 9.73. The van der Waals surface area contributed by atoms with Crippen LogP contribution in [-0.4, -0.2) is 25.3 Å². The average molecular weight is 211 g/mol. The molecule has 0 radical (unpaired) electrons. The Labute approximate surface area is 93.8 Å². The third kappa shape index (κ3) is 2.94. The Balaban J connectivity index is 1.85. The van der Waals surface area contributed by atoms with Crippen LogP contribution in [0.3, 0.4) is 0 Å². The van der Waals surface area contributed by atoms with Crippen LogP contribution in [0.5, 0.6) is 0 Å². The summed E-state index contributed by atoms with van der Waals surface area (Å²) in [4.78, 5) is 0. The molecule has 2 atom stereocenters. The van der Waals surface area contributed by atoms with Crippen LogP contribution in [0.2, 0.25) is 0 Å². The van der Waals surface area contributed by atoms with Gasteiger partial charge in [-0.05, 0) is 31.1 Å². The van der Waals surface area contributed by atoms with Crippen molar-refractivity contribution in [2.45, 2.75) is 64.5 Å². The van der Waals surface area contributed by atoms with Crippen LogP contribution in [0.1, 0.15) is 52.4 Å². The minimum atomic E-state index is 0.482. The van der Waals surface area contributed by atoms with Crippen molar-refractivity contribution in [2.75, 3.05) is 13.2 Å². The third-order valence-corrected chi connectivity index (χ3v) is 4.10. The van der Waals surface area contributed by atoms with E-state index in [1.54, 1.807) is 0 Å². The average Bonchev–Trinajstić information content (AvgIpc) is 2.23. The molecular weight excluding hydrogens is 186 g/mol. The van der Waals surface area contributed by atoms with Crippen molar-refractivity contribution >= 4 is 0 Å². The molecule has 0 bridgehead atoms. The van der Waals surface area contributed by atoms with Crippen LogP contribution in [0.4, 0.5) is 0 Å². The van der Waals surface area contributed by atoms with Gasteiger partial charge in [0.2, 0.25) is 0 Å². The monoisotopic (exact) mass is 211 g/mol. The molecule has 2 rings (SSSR count). The van der Waals surface area contributed by atoms with Crippen molar-refractivity contribution in [3.05, 3.63) is 0 Å². The molecule has 2 fully saturated rings. The Morgan fingerprint density at radius 3 is 2.67 bits per heavy atom. The highest BCUT2D eigenvalue weighted by Crippen LogP contribution is 2.35. The highest BCUT2D eigenvalue weighted by atomic mass is 16.5. The van der Waals surface area contributed by atoms with Gasteiger partial charge in [0.25, 0.3) is 0 Å². The predicted octanol–water partition coefficient (Wildman–Crippen LogP) is 2.72. The van der Waals surface area contributed by atoms with Gasteiger partial charge in [0, 0.05) is 18.7 Å². The molecule has 1 heterocycles. The van der Waals surface area contributed by atoms with E-state index in [-0.39, 0.29) is 0 Å². The molecule has 1 saturated carbocycles. The van der Waals surface area contributed by atoms with Gasteiger partial charge in [0.15, 0.2) is 0 Å². The fourth-order valence-electron chi connectivity index (χ4n) is 2.96. The lowest BCUT2D eigenvalue weighted by molar-refractivity contribution is 0.0508. The molecule has 0 amide bonds. The van der Waals surface area contributed by atoms with Gasteiger partial charge < -0.3 is 10.1 Å². The Bertz CT molecular complexity index is 197. The first-order chi connectivity index (χ1) is 7.18. The summed E-state index contributed by atoms with van der Waals surface area (Å²) >= 11 is 0. The maximum absolute atomic E-state index is 5.53. The summed E-state index contributed by atoms with van der Waals surface area (Å²) in [7, 11) is 0. The molecule has 0 spiro atoms. The van der Waals surface area contributed by atoms with Crippen LogP contribution in [0.25, 0.3) is 0 Å². The van der Waals surface area contributed by atoms with Crippen molar-refractivity contribution in [3.63, 3.8) is 0 Å². The maximum Gasteiger partial charge on any atom is 0.0619 e. The van der Waals surface area contributed by atoms with Crippen LogP contribution >= 0.6 is 0 Å². The summed E-state index contributed by atoms with van der Waals surface area (Å²) in [6.45, 7) is 6.71. The lowest BCUT2D eigenvalue weighted by Crippen LogP contribution is -2.50. The van der Waals surface area contributed by atoms with Gasteiger partial charge in [-0.1, -0.05) is 26.7 Å². The van der Waals surface area contributed by atoms with Crippen LogP contribution in [0.15, 0.2) is 0 Å². The molecule has 1 saturated heterocycles. The van der Waals surface area contributed by atoms with Gasteiger partial charge in [-0.3, -0.25) is 0 Å². The highest BCUT2D eigenvalue weighted by Gasteiger charge is 2.33. The first kappa shape index (κ1) is 11.4. The molecule has 2 nitrogen and oxygen atoms in total. The van der Waals surface area contributed by atoms with E-state index in [4.69, 9.17) is 4.74 Å². The highest BCUT2D eigenvalue weighted by molar-refractivity contribution is 4.90.